The Morgan fingerprint density at radius 2 is 1.89 bits per heavy atom. The van der Waals surface area contributed by atoms with Gasteiger partial charge in [-0.05, 0) is 32.9 Å². The van der Waals surface area contributed by atoms with Crippen molar-refractivity contribution in [2.45, 2.75) is 31.3 Å². The molecule has 2 rings (SSSR count). The highest BCUT2D eigenvalue weighted by molar-refractivity contribution is 7.90. The molecule has 0 radical (unpaired) electrons. The van der Waals surface area contributed by atoms with Crippen LogP contribution in [0.5, 0.6) is 11.5 Å². The topological polar surface area (TPSA) is 123 Å². The van der Waals surface area contributed by atoms with Gasteiger partial charge in [-0.1, -0.05) is 16.8 Å². The van der Waals surface area contributed by atoms with E-state index in [-0.39, 0.29) is 26.9 Å². The Morgan fingerprint density at radius 3 is 2.41 bits per heavy atom. The quantitative estimate of drug-likeness (QED) is 0.342. The van der Waals surface area contributed by atoms with Gasteiger partial charge in [0.2, 0.25) is 0 Å². The van der Waals surface area contributed by atoms with Crippen molar-refractivity contribution in [1.29, 1.82) is 0 Å². The van der Waals surface area contributed by atoms with Crippen LogP contribution < -0.4 is 4.73 Å². The summed E-state index contributed by atoms with van der Waals surface area (Å²) in [7, 11) is -3.69. The molecular formula is C17H19ClN2O6S. The number of phenolic OH excluding ortho intramolecular Hbond substituents is 1. The molecule has 27 heavy (non-hydrogen) atoms. The lowest BCUT2D eigenvalue weighted by Gasteiger charge is -2.18. The molecule has 0 aliphatic heterocycles. The number of phenols is 1. The van der Waals surface area contributed by atoms with Crippen molar-refractivity contribution in [3.05, 3.63) is 51.9 Å². The fraction of sp³-hybridized carbons (Fsp3) is 0.294. The fourth-order valence-electron chi connectivity index (χ4n) is 2.12. The molecule has 2 N–H and O–H groups in total. The summed E-state index contributed by atoms with van der Waals surface area (Å²) in [6.45, 7) is 5.14. The number of hydrogen-bond donors (Lipinski definition) is 2. The Bertz CT molecular complexity index is 993. The lowest BCUT2D eigenvalue weighted by atomic mass is 10.0. The molecule has 146 valence electrons. The Labute approximate surface area is 161 Å². The first-order valence-electron chi connectivity index (χ1n) is 7.72. The van der Waals surface area contributed by atoms with Crippen LogP contribution in [-0.2, 0) is 14.7 Å². The molecule has 0 saturated carbocycles. The van der Waals surface area contributed by atoms with E-state index in [4.69, 9.17) is 16.4 Å². The van der Waals surface area contributed by atoms with E-state index in [1.165, 1.54) is 12.1 Å². The van der Waals surface area contributed by atoms with E-state index in [9.17, 15) is 23.8 Å². The normalized spacial score (nSPS) is 12.9. The standard InChI is InChI=1S/C17H19ClN2O6S/c1-17(2,3)26-19-15(16-12(21)6-5-7-20(16)23)10-8-11(18)14(9-13(10)22)27(4,24)25/h5-9,21-22H,1-4H3. The second-order valence-electron chi connectivity index (χ2n) is 6.78. The van der Waals surface area contributed by atoms with Crippen LogP contribution in [0.15, 0.2) is 40.5 Å². The second kappa shape index (κ2) is 7.24. The first kappa shape index (κ1) is 20.8. The SMILES string of the molecule is CC(C)(C)ON=C(c1cc(Cl)c(S(C)(=O)=O)cc1O)c1c(O)ccc[n+]1[O-]. The minimum atomic E-state index is -3.69. The zero-order chi connectivity index (χ0) is 20.6. The summed E-state index contributed by atoms with van der Waals surface area (Å²) in [5.74, 6) is -0.911. The molecule has 0 fully saturated rings. The maximum Gasteiger partial charge on any atom is 0.288 e. The molecule has 1 aromatic carbocycles. The van der Waals surface area contributed by atoms with Crippen LogP contribution >= 0.6 is 11.6 Å². The molecular weight excluding hydrogens is 396 g/mol. The summed E-state index contributed by atoms with van der Waals surface area (Å²) in [6.07, 6.45) is 2.07. The van der Waals surface area contributed by atoms with Gasteiger partial charge in [0.05, 0.1) is 15.5 Å². The van der Waals surface area contributed by atoms with Crippen molar-refractivity contribution in [2.75, 3.05) is 6.26 Å². The molecule has 0 bridgehead atoms. The molecule has 0 atom stereocenters. The number of rotatable bonds is 4. The van der Waals surface area contributed by atoms with Crippen molar-refractivity contribution in [2.24, 2.45) is 5.16 Å². The number of aromatic nitrogens is 1. The molecule has 0 saturated heterocycles. The Hall–Kier alpha value is -2.52. The van der Waals surface area contributed by atoms with E-state index in [1.54, 1.807) is 20.8 Å². The number of nitrogens with zero attached hydrogens (tertiary/aromatic N) is 2. The number of benzene rings is 1. The predicted molar refractivity (Wildman–Crippen MR) is 99.8 cm³/mol. The van der Waals surface area contributed by atoms with E-state index < -0.39 is 26.9 Å². The second-order valence-corrected chi connectivity index (χ2v) is 9.17. The largest absolute Gasteiger partial charge is 0.618 e. The maximum atomic E-state index is 12.2. The van der Waals surface area contributed by atoms with E-state index in [2.05, 4.69) is 5.16 Å². The third-order valence-corrected chi connectivity index (χ3v) is 4.84. The van der Waals surface area contributed by atoms with E-state index in [0.717, 1.165) is 24.6 Å². The molecule has 0 aliphatic carbocycles. The molecule has 10 heteroatoms. The van der Waals surface area contributed by atoms with Gasteiger partial charge in [-0.2, -0.15) is 4.73 Å². The molecule has 0 spiro atoms. The van der Waals surface area contributed by atoms with Gasteiger partial charge in [-0.15, -0.1) is 0 Å². The highest BCUT2D eigenvalue weighted by Crippen LogP contribution is 2.32. The smallest absolute Gasteiger partial charge is 0.288 e. The monoisotopic (exact) mass is 414 g/mol. The summed E-state index contributed by atoms with van der Waals surface area (Å²) < 4.78 is 23.9. The van der Waals surface area contributed by atoms with Gasteiger partial charge < -0.3 is 20.3 Å². The fourth-order valence-corrected chi connectivity index (χ4v) is 3.45. The number of oxime groups is 1. The van der Waals surface area contributed by atoms with E-state index in [1.807, 2.05) is 0 Å². The van der Waals surface area contributed by atoms with Crippen LogP contribution in [0.1, 0.15) is 32.0 Å². The number of halogens is 1. The van der Waals surface area contributed by atoms with E-state index in [0.29, 0.717) is 4.73 Å². The Kier molecular flexibility index (Phi) is 5.58. The molecule has 1 aromatic heterocycles. The number of sulfone groups is 1. The van der Waals surface area contributed by atoms with Gasteiger partial charge in [0.1, 0.15) is 11.4 Å². The van der Waals surface area contributed by atoms with Crippen molar-refractivity contribution in [1.82, 2.24) is 0 Å². The molecule has 0 amide bonds. The lowest BCUT2D eigenvalue weighted by Crippen LogP contribution is -2.35. The van der Waals surface area contributed by atoms with Crippen LogP contribution in [0.3, 0.4) is 0 Å². The van der Waals surface area contributed by atoms with Crippen molar-refractivity contribution >= 4 is 27.1 Å². The summed E-state index contributed by atoms with van der Waals surface area (Å²) in [4.78, 5) is 5.07. The average molecular weight is 415 g/mol. The van der Waals surface area contributed by atoms with Crippen LogP contribution in [0.25, 0.3) is 0 Å². The molecule has 0 aliphatic rings. The van der Waals surface area contributed by atoms with Gasteiger partial charge in [-0.25, -0.2) is 8.42 Å². The molecule has 2 aromatic rings. The summed E-state index contributed by atoms with van der Waals surface area (Å²) >= 11 is 6.05. The third-order valence-electron chi connectivity index (χ3n) is 3.28. The van der Waals surface area contributed by atoms with Crippen molar-refractivity contribution in [3.8, 4) is 11.5 Å². The predicted octanol–water partition coefficient (Wildman–Crippen LogP) is 2.36. The van der Waals surface area contributed by atoms with Crippen LogP contribution in [-0.4, -0.2) is 36.2 Å². The zero-order valence-electron chi connectivity index (χ0n) is 15.1. The highest BCUT2D eigenvalue weighted by Gasteiger charge is 2.28. The highest BCUT2D eigenvalue weighted by atomic mass is 35.5. The van der Waals surface area contributed by atoms with Crippen LogP contribution in [0, 0.1) is 5.21 Å². The Morgan fingerprint density at radius 1 is 1.26 bits per heavy atom. The van der Waals surface area contributed by atoms with Crippen LogP contribution in [0.4, 0.5) is 0 Å². The lowest BCUT2D eigenvalue weighted by molar-refractivity contribution is -0.607. The van der Waals surface area contributed by atoms with Crippen molar-refractivity contribution in [3.63, 3.8) is 0 Å². The summed E-state index contributed by atoms with van der Waals surface area (Å²) in [5.41, 5.74) is -1.32. The summed E-state index contributed by atoms with van der Waals surface area (Å²) in [6, 6.07) is 4.69. The average Bonchev–Trinajstić information content (AvgIpc) is 2.50. The zero-order valence-corrected chi connectivity index (χ0v) is 16.7. The van der Waals surface area contributed by atoms with E-state index >= 15 is 0 Å². The molecule has 1 heterocycles. The third kappa shape index (κ3) is 4.81. The van der Waals surface area contributed by atoms with Gasteiger partial charge in [0, 0.05) is 18.4 Å². The first-order valence-corrected chi connectivity index (χ1v) is 9.99. The minimum absolute atomic E-state index is 0.0808. The van der Waals surface area contributed by atoms with Gasteiger partial charge in [0.25, 0.3) is 5.69 Å². The number of aromatic hydroxyl groups is 2. The first-order chi connectivity index (χ1) is 12.3. The van der Waals surface area contributed by atoms with Crippen LogP contribution in [0.2, 0.25) is 5.02 Å². The minimum Gasteiger partial charge on any atom is -0.618 e. The Balaban J connectivity index is 2.78. The molecule has 8 nitrogen and oxygen atoms in total. The van der Waals surface area contributed by atoms with Gasteiger partial charge in [-0.3, -0.25) is 0 Å². The number of pyridine rings is 1. The number of hydrogen-bond acceptors (Lipinski definition) is 7. The van der Waals surface area contributed by atoms with Gasteiger partial charge >= 0.3 is 0 Å². The maximum absolute atomic E-state index is 12.2. The van der Waals surface area contributed by atoms with Crippen molar-refractivity contribution < 1.29 is 28.2 Å². The summed E-state index contributed by atoms with van der Waals surface area (Å²) in [5, 5.41) is 36.4. The van der Waals surface area contributed by atoms with Gasteiger partial charge in [0.15, 0.2) is 27.5 Å². The molecule has 0 unspecified atom stereocenters.